The lowest BCUT2D eigenvalue weighted by Gasteiger charge is -2.31. The molecule has 0 fully saturated rings. The highest BCUT2D eigenvalue weighted by atomic mass is 16.5. The summed E-state index contributed by atoms with van der Waals surface area (Å²) in [4.78, 5) is 25.8. The Morgan fingerprint density at radius 1 is 1.11 bits per heavy atom. The van der Waals surface area contributed by atoms with E-state index in [0.717, 1.165) is 16.3 Å². The van der Waals surface area contributed by atoms with Crippen LogP contribution in [0.3, 0.4) is 0 Å². The van der Waals surface area contributed by atoms with Crippen molar-refractivity contribution in [2.75, 3.05) is 18.1 Å². The summed E-state index contributed by atoms with van der Waals surface area (Å²) in [5, 5.41) is 2.10. The Labute approximate surface area is 162 Å². The van der Waals surface area contributed by atoms with Gasteiger partial charge in [-0.05, 0) is 30.2 Å². The van der Waals surface area contributed by atoms with Crippen LogP contribution in [0.15, 0.2) is 47.5 Å². The van der Waals surface area contributed by atoms with E-state index in [1.807, 2.05) is 42.5 Å². The number of carbonyl (C=O) groups excluding carboxylic acids is 1. The summed E-state index contributed by atoms with van der Waals surface area (Å²) in [6.07, 6.45) is 0. The zero-order chi connectivity index (χ0) is 19.8. The maximum atomic E-state index is 12.9. The monoisotopic (exact) mass is 375 g/mol. The van der Waals surface area contributed by atoms with Crippen molar-refractivity contribution in [3.63, 3.8) is 0 Å². The van der Waals surface area contributed by atoms with Crippen molar-refractivity contribution in [2.45, 2.75) is 19.8 Å². The number of aliphatic imine (C=N–C) groups is 1. The maximum Gasteiger partial charge on any atom is 0.315 e. The lowest BCUT2D eigenvalue weighted by atomic mass is 9.75. The quantitative estimate of drug-likeness (QED) is 0.679. The summed E-state index contributed by atoms with van der Waals surface area (Å²) in [6, 6.07) is 14.0. The summed E-state index contributed by atoms with van der Waals surface area (Å²) in [7, 11) is 0. The molecule has 1 aromatic heterocycles. The molecule has 0 spiro atoms. The Hall–Kier alpha value is -3.48. The molecular weight excluding hydrogens is 354 g/mol. The van der Waals surface area contributed by atoms with Crippen molar-refractivity contribution in [1.82, 2.24) is 9.97 Å². The number of carbonyl (C=O) groups is 1. The largest absolute Gasteiger partial charge is 0.465 e. The van der Waals surface area contributed by atoms with Gasteiger partial charge in [0.2, 0.25) is 5.95 Å². The predicted octanol–water partition coefficient (Wildman–Crippen LogP) is 3.21. The zero-order valence-corrected chi connectivity index (χ0v) is 15.7. The smallest absolute Gasteiger partial charge is 0.315 e. The number of esters is 1. The van der Waals surface area contributed by atoms with E-state index >= 15 is 0 Å². The van der Waals surface area contributed by atoms with Gasteiger partial charge in [0.1, 0.15) is 11.7 Å². The molecule has 0 radical (unpaired) electrons. The van der Waals surface area contributed by atoms with Crippen molar-refractivity contribution < 1.29 is 9.53 Å². The van der Waals surface area contributed by atoms with Crippen LogP contribution in [-0.2, 0) is 9.53 Å². The summed E-state index contributed by atoms with van der Waals surface area (Å²) in [5.74, 6) is -0.694. The van der Waals surface area contributed by atoms with Gasteiger partial charge in [-0.2, -0.15) is 9.97 Å². The zero-order valence-electron chi connectivity index (χ0n) is 15.7. The minimum atomic E-state index is -0.618. The molecule has 3 aromatic rings. The number of nitrogens with zero attached hydrogens (tertiary/aromatic N) is 3. The molecule has 0 bridgehead atoms. The molecule has 2 aromatic carbocycles. The van der Waals surface area contributed by atoms with Crippen LogP contribution in [0.5, 0.6) is 0 Å². The number of nitrogen functional groups attached to an aromatic ring is 2. The highest BCUT2D eigenvalue weighted by molar-refractivity contribution is 6.06. The molecule has 7 heteroatoms. The fraction of sp³-hybridized carbons (Fsp3) is 0.238. The number of aromatic nitrogens is 2. The first kappa shape index (κ1) is 17.9. The van der Waals surface area contributed by atoms with Crippen molar-refractivity contribution in [1.29, 1.82) is 0 Å². The fourth-order valence-electron chi connectivity index (χ4n) is 3.92. The summed E-state index contributed by atoms with van der Waals surface area (Å²) in [6.45, 7) is 3.87. The van der Waals surface area contributed by atoms with Crippen LogP contribution < -0.4 is 11.5 Å². The third-order valence-electron chi connectivity index (χ3n) is 5.05. The van der Waals surface area contributed by atoms with Crippen molar-refractivity contribution >= 4 is 40.0 Å². The van der Waals surface area contributed by atoms with E-state index in [2.05, 4.69) is 15.0 Å². The van der Waals surface area contributed by atoms with Gasteiger partial charge in [0.15, 0.2) is 5.82 Å². The first-order chi connectivity index (χ1) is 13.5. The molecule has 0 saturated heterocycles. The number of rotatable bonds is 3. The number of ether oxygens (including phenoxy) is 1. The van der Waals surface area contributed by atoms with Crippen molar-refractivity contribution in [3.05, 3.63) is 53.6 Å². The van der Waals surface area contributed by atoms with Gasteiger partial charge < -0.3 is 16.2 Å². The van der Waals surface area contributed by atoms with E-state index in [-0.39, 0.29) is 24.3 Å². The number of anilines is 2. The molecule has 0 amide bonds. The van der Waals surface area contributed by atoms with E-state index in [9.17, 15) is 4.79 Å². The SMILES string of the molecule is CCOC(=O)C1C(C)=Nc2nc(N)nc(N)c2C1c1cccc2ccccc12. The lowest BCUT2D eigenvalue weighted by molar-refractivity contribution is -0.145. The summed E-state index contributed by atoms with van der Waals surface area (Å²) in [5.41, 5.74) is 14.2. The number of benzene rings is 2. The average molecular weight is 375 g/mol. The summed E-state index contributed by atoms with van der Waals surface area (Å²) < 4.78 is 5.37. The van der Waals surface area contributed by atoms with Crippen molar-refractivity contribution in [2.24, 2.45) is 10.9 Å². The van der Waals surface area contributed by atoms with Crippen molar-refractivity contribution in [3.8, 4) is 0 Å². The van der Waals surface area contributed by atoms with Crippen LogP contribution in [0, 0.1) is 5.92 Å². The Kier molecular flexibility index (Phi) is 4.43. The molecule has 2 atom stereocenters. The van der Waals surface area contributed by atoms with Gasteiger partial charge in [0, 0.05) is 17.2 Å². The van der Waals surface area contributed by atoms with Gasteiger partial charge in [-0.15, -0.1) is 0 Å². The minimum Gasteiger partial charge on any atom is -0.465 e. The topological polar surface area (TPSA) is 116 Å². The standard InChI is InChI=1S/C21H21N5O2/c1-3-28-20(27)15-11(2)24-19-17(18(22)25-21(23)26-19)16(15)14-10-6-8-12-7-4-5-9-13(12)14/h4-10,15-16H,3H2,1-2H3,(H4,22,23,25,26). The number of nitrogens with two attached hydrogens (primary N) is 2. The van der Waals surface area contributed by atoms with Crippen LogP contribution in [0.4, 0.5) is 17.6 Å². The van der Waals surface area contributed by atoms with Gasteiger partial charge in [-0.3, -0.25) is 4.79 Å². The predicted molar refractivity (Wildman–Crippen MR) is 110 cm³/mol. The van der Waals surface area contributed by atoms with Crippen LogP contribution in [0.25, 0.3) is 10.8 Å². The van der Waals surface area contributed by atoms with Gasteiger partial charge in [-0.1, -0.05) is 42.5 Å². The Balaban J connectivity index is 2.03. The molecule has 2 heterocycles. The van der Waals surface area contributed by atoms with E-state index in [1.54, 1.807) is 13.8 Å². The molecule has 1 aliphatic heterocycles. The third-order valence-corrected chi connectivity index (χ3v) is 5.05. The normalized spacial score (nSPS) is 18.4. The molecule has 2 unspecified atom stereocenters. The van der Waals surface area contributed by atoms with Crippen LogP contribution in [0.1, 0.15) is 30.9 Å². The highest BCUT2D eigenvalue weighted by Crippen LogP contribution is 2.46. The van der Waals surface area contributed by atoms with Gasteiger partial charge in [0.05, 0.1) is 6.61 Å². The lowest BCUT2D eigenvalue weighted by Crippen LogP contribution is -2.34. The van der Waals surface area contributed by atoms with E-state index in [4.69, 9.17) is 16.2 Å². The molecule has 0 aliphatic carbocycles. The van der Waals surface area contributed by atoms with E-state index in [0.29, 0.717) is 17.1 Å². The molecule has 4 N–H and O–H groups in total. The van der Waals surface area contributed by atoms with Crippen LogP contribution >= 0.6 is 0 Å². The molecule has 28 heavy (non-hydrogen) atoms. The molecule has 4 rings (SSSR count). The average Bonchev–Trinajstić information content (AvgIpc) is 2.66. The van der Waals surface area contributed by atoms with Gasteiger partial charge in [0.25, 0.3) is 0 Å². The number of hydrogen-bond acceptors (Lipinski definition) is 7. The Bertz CT molecular complexity index is 1100. The Morgan fingerprint density at radius 2 is 1.86 bits per heavy atom. The molecule has 1 aliphatic rings. The second-order valence-electron chi connectivity index (χ2n) is 6.73. The summed E-state index contributed by atoms with van der Waals surface area (Å²) >= 11 is 0. The maximum absolute atomic E-state index is 12.9. The van der Waals surface area contributed by atoms with Crippen LogP contribution in [0.2, 0.25) is 0 Å². The first-order valence-corrected chi connectivity index (χ1v) is 9.13. The second-order valence-corrected chi connectivity index (χ2v) is 6.73. The third kappa shape index (κ3) is 2.85. The molecular formula is C21H21N5O2. The van der Waals surface area contributed by atoms with Crippen LogP contribution in [-0.4, -0.2) is 28.3 Å². The number of fused-ring (bicyclic) bond motifs is 2. The van der Waals surface area contributed by atoms with E-state index in [1.165, 1.54) is 0 Å². The fourth-order valence-corrected chi connectivity index (χ4v) is 3.92. The first-order valence-electron chi connectivity index (χ1n) is 9.13. The van der Waals surface area contributed by atoms with Gasteiger partial charge >= 0.3 is 5.97 Å². The van der Waals surface area contributed by atoms with Gasteiger partial charge in [-0.25, -0.2) is 4.99 Å². The minimum absolute atomic E-state index is 0.0547. The second kappa shape index (κ2) is 6.92. The number of hydrogen-bond donors (Lipinski definition) is 2. The van der Waals surface area contributed by atoms with E-state index < -0.39 is 11.8 Å². The highest BCUT2D eigenvalue weighted by Gasteiger charge is 2.41. The Morgan fingerprint density at radius 3 is 2.64 bits per heavy atom. The molecule has 142 valence electrons. The molecule has 0 saturated carbocycles. The molecule has 7 nitrogen and oxygen atoms in total.